The average Bonchev–Trinajstić information content (AvgIpc) is 3.28. The van der Waals surface area contributed by atoms with E-state index in [0.717, 1.165) is 24.1 Å². The summed E-state index contributed by atoms with van der Waals surface area (Å²) in [5.74, 6) is -3.81. The molecule has 0 saturated carbocycles. The normalized spacial score (nSPS) is 14.5. The van der Waals surface area contributed by atoms with Crippen LogP contribution in [0.4, 0.5) is 17.6 Å². The van der Waals surface area contributed by atoms with Gasteiger partial charge in [0.05, 0.1) is 40.0 Å². The molecule has 1 aliphatic rings. The quantitative estimate of drug-likeness (QED) is 0.173. The Bertz CT molecular complexity index is 2260. The fourth-order valence-electron chi connectivity index (χ4n) is 5.60. The molecule has 1 aromatic heterocycles. The number of hydrogen-bond donors (Lipinski definition) is 1. The molecule has 6 rings (SSSR count). The van der Waals surface area contributed by atoms with Crippen molar-refractivity contribution >= 4 is 40.4 Å². The first-order valence-corrected chi connectivity index (χ1v) is 15.4. The Morgan fingerprint density at radius 3 is 2.23 bits per heavy atom. The van der Waals surface area contributed by atoms with Crippen molar-refractivity contribution in [2.75, 3.05) is 0 Å². The summed E-state index contributed by atoms with van der Waals surface area (Å²) >= 11 is 7.44. The first kappa shape index (κ1) is 32.4. The van der Waals surface area contributed by atoms with Crippen LogP contribution in [0.15, 0.2) is 124 Å². The molecule has 0 amide bonds. The van der Waals surface area contributed by atoms with Crippen molar-refractivity contribution in [3.63, 3.8) is 0 Å². The summed E-state index contributed by atoms with van der Waals surface area (Å²) in [6, 6.07) is 25.6. The molecule has 1 unspecified atom stereocenters. The van der Waals surface area contributed by atoms with E-state index >= 15 is 4.39 Å². The zero-order valence-corrected chi connectivity index (χ0v) is 26.0. The standard InChI is InChI=1S/C37H20ClF4N3O2S/c38-26-14-25(15-31(40)29(16-26)37(46)47)21-3-1-4-22(13-21)35-34(33-23(18-43)5-2-6-24(33)19-44)30-17-27(39)9-12-32(30)45(35)48-28-10-7-20(8-11-28)36(41)42/h1-17,25,36H,(H,46,47). The molecule has 1 atom stereocenters. The number of alkyl halides is 2. The third-order valence-electron chi connectivity index (χ3n) is 7.75. The maximum Gasteiger partial charge on any atom is 0.338 e. The first-order valence-electron chi connectivity index (χ1n) is 14.2. The van der Waals surface area contributed by atoms with Crippen molar-refractivity contribution in [3.8, 4) is 34.5 Å². The van der Waals surface area contributed by atoms with Gasteiger partial charge in [-0.05, 0) is 78.2 Å². The second-order valence-electron chi connectivity index (χ2n) is 10.7. The van der Waals surface area contributed by atoms with Crippen LogP contribution in [0.25, 0.3) is 33.3 Å². The van der Waals surface area contributed by atoms with E-state index in [1.54, 1.807) is 52.5 Å². The molecular formula is C37H20ClF4N3O2S. The lowest BCUT2D eigenvalue weighted by molar-refractivity contribution is -0.132. The van der Waals surface area contributed by atoms with Gasteiger partial charge in [-0.1, -0.05) is 54.1 Å². The lowest BCUT2D eigenvalue weighted by Gasteiger charge is -2.16. The van der Waals surface area contributed by atoms with E-state index < -0.39 is 35.5 Å². The smallest absolute Gasteiger partial charge is 0.338 e. The van der Waals surface area contributed by atoms with E-state index in [1.165, 1.54) is 42.5 Å². The zero-order chi connectivity index (χ0) is 34.1. The fraction of sp³-hybridized carbons (Fsp3) is 0.0541. The van der Waals surface area contributed by atoms with Gasteiger partial charge >= 0.3 is 5.97 Å². The van der Waals surface area contributed by atoms with Gasteiger partial charge in [0, 0.05) is 43.5 Å². The molecule has 1 N–H and O–H groups in total. The van der Waals surface area contributed by atoms with Gasteiger partial charge < -0.3 is 5.11 Å². The second-order valence-corrected chi connectivity index (χ2v) is 12.1. The van der Waals surface area contributed by atoms with E-state index in [2.05, 4.69) is 12.1 Å². The first-order chi connectivity index (χ1) is 23.1. The van der Waals surface area contributed by atoms with Crippen LogP contribution in [-0.4, -0.2) is 15.0 Å². The minimum Gasteiger partial charge on any atom is -0.478 e. The molecule has 0 aliphatic heterocycles. The maximum atomic E-state index is 15.1. The average molecular weight is 682 g/mol. The molecule has 0 fully saturated rings. The molecule has 0 bridgehead atoms. The zero-order valence-electron chi connectivity index (χ0n) is 24.5. The molecule has 1 heterocycles. The van der Waals surface area contributed by atoms with Gasteiger partial charge in [-0.15, -0.1) is 0 Å². The summed E-state index contributed by atoms with van der Waals surface area (Å²) in [7, 11) is 0. The van der Waals surface area contributed by atoms with Crippen molar-refractivity contribution in [1.82, 2.24) is 3.97 Å². The van der Waals surface area contributed by atoms with E-state index in [-0.39, 0.29) is 27.3 Å². The van der Waals surface area contributed by atoms with Gasteiger partial charge in [0.2, 0.25) is 0 Å². The maximum absolute atomic E-state index is 15.1. The summed E-state index contributed by atoms with van der Waals surface area (Å²) in [5.41, 5.74) is 2.20. The van der Waals surface area contributed by atoms with Crippen LogP contribution >= 0.6 is 23.5 Å². The van der Waals surface area contributed by atoms with Crippen LogP contribution in [0.2, 0.25) is 0 Å². The lowest BCUT2D eigenvalue weighted by Crippen LogP contribution is -2.01. The molecule has 0 saturated heterocycles. The van der Waals surface area contributed by atoms with E-state index in [1.807, 2.05) is 0 Å². The molecule has 11 heteroatoms. The van der Waals surface area contributed by atoms with Crippen molar-refractivity contribution in [2.45, 2.75) is 17.2 Å². The largest absolute Gasteiger partial charge is 0.478 e. The lowest BCUT2D eigenvalue weighted by atomic mass is 9.90. The van der Waals surface area contributed by atoms with Crippen LogP contribution in [0, 0.1) is 28.5 Å². The summed E-state index contributed by atoms with van der Waals surface area (Å²) in [6.45, 7) is 0. The molecule has 5 aromatic rings. The third kappa shape index (κ3) is 6.12. The van der Waals surface area contributed by atoms with Crippen LogP contribution in [0.1, 0.15) is 34.6 Å². The topological polar surface area (TPSA) is 89.8 Å². The summed E-state index contributed by atoms with van der Waals surface area (Å²) in [6.07, 6.45) is 1.00. The third-order valence-corrected chi connectivity index (χ3v) is 9.03. The Kier molecular flexibility index (Phi) is 8.97. The Morgan fingerprint density at radius 1 is 0.896 bits per heavy atom. The predicted octanol–water partition coefficient (Wildman–Crippen LogP) is 10.4. The second kappa shape index (κ2) is 13.3. The highest BCUT2D eigenvalue weighted by atomic mass is 35.5. The minimum absolute atomic E-state index is 0.0152. The Morgan fingerprint density at radius 2 is 1.58 bits per heavy atom. The highest BCUT2D eigenvalue weighted by molar-refractivity contribution is 7.98. The van der Waals surface area contributed by atoms with Crippen LogP contribution < -0.4 is 0 Å². The van der Waals surface area contributed by atoms with Crippen molar-refractivity contribution < 1.29 is 27.5 Å². The number of rotatable bonds is 7. The molecule has 0 radical (unpaired) electrons. The Balaban J connectivity index is 1.65. The van der Waals surface area contributed by atoms with Crippen LogP contribution in [0.3, 0.4) is 0 Å². The SMILES string of the molecule is N#Cc1cccc(C#N)c1-c1c(-c2cccc(C3C=C(Cl)C=C(C(=O)O)C(F)=C3)c2)n(Sc2ccc(C(F)F)cc2)c2ccc(F)cc12. The number of benzene rings is 4. The monoisotopic (exact) mass is 681 g/mol. The Hall–Kier alpha value is -5.55. The highest BCUT2D eigenvalue weighted by Gasteiger charge is 2.27. The number of aliphatic carboxylic acids is 1. The van der Waals surface area contributed by atoms with E-state index in [4.69, 9.17) is 11.6 Å². The molecule has 236 valence electrons. The molecule has 48 heavy (non-hydrogen) atoms. The van der Waals surface area contributed by atoms with Gasteiger partial charge in [-0.3, -0.25) is 3.97 Å². The predicted molar refractivity (Wildman–Crippen MR) is 176 cm³/mol. The number of carbonyl (C=O) groups is 1. The van der Waals surface area contributed by atoms with Crippen molar-refractivity contribution in [3.05, 3.63) is 148 Å². The Labute approximate surface area is 281 Å². The van der Waals surface area contributed by atoms with Gasteiger partial charge in [0.1, 0.15) is 11.6 Å². The number of allylic oxidation sites excluding steroid dienone is 4. The van der Waals surface area contributed by atoms with Gasteiger partial charge in [-0.25, -0.2) is 22.4 Å². The number of nitrogens with zero attached hydrogens (tertiary/aromatic N) is 3. The molecule has 1 aliphatic carbocycles. The molecule has 4 aromatic carbocycles. The van der Waals surface area contributed by atoms with Gasteiger partial charge in [0.25, 0.3) is 6.43 Å². The number of halogens is 5. The number of nitriles is 2. The fourth-order valence-corrected chi connectivity index (χ4v) is 6.86. The highest BCUT2D eigenvalue weighted by Crippen LogP contribution is 2.47. The molecule has 5 nitrogen and oxygen atoms in total. The molecular weight excluding hydrogens is 662 g/mol. The molecule has 0 spiro atoms. The number of carboxylic acids is 1. The van der Waals surface area contributed by atoms with Crippen molar-refractivity contribution in [1.29, 1.82) is 10.5 Å². The van der Waals surface area contributed by atoms with E-state index in [0.29, 0.717) is 38.2 Å². The summed E-state index contributed by atoms with van der Waals surface area (Å²) in [4.78, 5) is 12.2. The number of hydrogen-bond acceptors (Lipinski definition) is 4. The minimum atomic E-state index is -2.66. The van der Waals surface area contributed by atoms with Gasteiger partial charge in [0.15, 0.2) is 0 Å². The van der Waals surface area contributed by atoms with Gasteiger partial charge in [-0.2, -0.15) is 10.5 Å². The summed E-state index contributed by atoms with van der Waals surface area (Å²) < 4.78 is 58.5. The number of fused-ring (bicyclic) bond motifs is 1. The number of carboxylic acid groups (broad SMARTS) is 1. The number of aromatic nitrogens is 1. The summed E-state index contributed by atoms with van der Waals surface area (Å²) in [5, 5.41) is 30.1. The van der Waals surface area contributed by atoms with Crippen LogP contribution in [-0.2, 0) is 4.79 Å². The van der Waals surface area contributed by atoms with E-state index in [9.17, 15) is 33.6 Å². The van der Waals surface area contributed by atoms with Crippen LogP contribution in [0.5, 0.6) is 0 Å². The van der Waals surface area contributed by atoms with Crippen molar-refractivity contribution in [2.24, 2.45) is 0 Å².